The summed E-state index contributed by atoms with van der Waals surface area (Å²) in [6, 6.07) is 6.18. The maximum Gasteiger partial charge on any atom is 0.357 e. The number of carboxylic acids is 1. The van der Waals surface area contributed by atoms with Crippen molar-refractivity contribution in [2.75, 3.05) is 11.8 Å². The van der Waals surface area contributed by atoms with Crippen molar-refractivity contribution in [1.82, 2.24) is 10.2 Å². The molecule has 2 rings (SSSR count). The Morgan fingerprint density at radius 2 is 1.95 bits per heavy atom. The van der Waals surface area contributed by atoms with E-state index in [1.54, 1.807) is 12.1 Å². The van der Waals surface area contributed by atoms with E-state index in [9.17, 15) is 13.2 Å². The van der Waals surface area contributed by atoms with Crippen molar-refractivity contribution < 1.29 is 23.1 Å². The molecule has 0 fully saturated rings. The highest BCUT2D eigenvalue weighted by molar-refractivity contribution is 7.92. The quantitative estimate of drug-likeness (QED) is 0.763. The van der Waals surface area contributed by atoms with E-state index in [-0.39, 0.29) is 16.3 Å². The minimum atomic E-state index is -4.06. The van der Waals surface area contributed by atoms with Gasteiger partial charge in [-0.2, -0.15) is 5.10 Å². The summed E-state index contributed by atoms with van der Waals surface area (Å²) in [5.74, 6) is -0.849. The number of carbonyl (C=O) groups is 1. The van der Waals surface area contributed by atoms with E-state index >= 15 is 0 Å². The first-order valence-corrected chi connectivity index (χ1v) is 7.28. The van der Waals surface area contributed by atoms with Gasteiger partial charge in [-0.15, -0.1) is 0 Å². The average Bonchev–Trinajstić information content (AvgIpc) is 2.82. The second-order valence-corrected chi connectivity index (χ2v) is 5.78. The number of aryl methyl sites for hydroxylation is 1. The van der Waals surface area contributed by atoms with Crippen LogP contribution in [0.2, 0.25) is 0 Å². The molecule has 2 aromatic rings. The fraction of sp³-hybridized carbons (Fsp3) is 0.167. The first kappa shape index (κ1) is 14.9. The summed E-state index contributed by atoms with van der Waals surface area (Å²) >= 11 is 0. The van der Waals surface area contributed by atoms with Gasteiger partial charge in [-0.3, -0.25) is 9.82 Å². The van der Waals surface area contributed by atoms with E-state index in [1.165, 1.54) is 26.2 Å². The fourth-order valence-corrected chi connectivity index (χ4v) is 3.14. The predicted molar refractivity (Wildman–Crippen MR) is 74.1 cm³/mol. The molecule has 1 aromatic carbocycles. The normalized spacial score (nSPS) is 11.1. The molecule has 0 unspecified atom stereocenters. The van der Waals surface area contributed by atoms with Crippen molar-refractivity contribution in [3.05, 3.63) is 35.7 Å². The van der Waals surface area contributed by atoms with Gasteiger partial charge in [0.1, 0.15) is 10.6 Å². The first-order chi connectivity index (χ1) is 9.85. The number of benzene rings is 1. The molecule has 0 saturated heterocycles. The van der Waals surface area contributed by atoms with Crippen molar-refractivity contribution in [3.63, 3.8) is 0 Å². The number of aromatic amines is 1. The largest absolute Gasteiger partial charge is 0.497 e. The molecule has 21 heavy (non-hydrogen) atoms. The standard InChI is InChI=1S/C12H13N3O5S/c1-7-11(10(12(16)17)14-13-7)21(18,19)15-8-3-5-9(20-2)6-4-8/h3-6,15H,1-2H3,(H,13,14)(H,16,17). The van der Waals surface area contributed by atoms with E-state index in [0.717, 1.165) is 0 Å². The Balaban J connectivity index is 2.38. The molecule has 0 atom stereocenters. The van der Waals surface area contributed by atoms with Crippen LogP contribution in [0.5, 0.6) is 5.75 Å². The molecule has 1 aromatic heterocycles. The molecule has 0 aliphatic carbocycles. The van der Waals surface area contributed by atoms with Crippen LogP contribution >= 0.6 is 0 Å². The van der Waals surface area contributed by atoms with Crippen LogP contribution in [-0.2, 0) is 10.0 Å². The topological polar surface area (TPSA) is 121 Å². The number of H-pyrrole nitrogens is 1. The van der Waals surface area contributed by atoms with Crippen LogP contribution in [0.25, 0.3) is 0 Å². The molecule has 0 saturated carbocycles. The maximum atomic E-state index is 12.3. The molecule has 0 radical (unpaired) electrons. The van der Waals surface area contributed by atoms with Gasteiger partial charge in [-0.25, -0.2) is 13.2 Å². The van der Waals surface area contributed by atoms with Crippen LogP contribution in [0.1, 0.15) is 16.2 Å². The number of hydrogen-bond acceptors (Lipinski definition) is 5. The second-order valence-electron chi connectivity index (χ2n) is 4.17. The van der Waals surface area contributed by atoms with Gasteiger partial charge in [-0.1, -0.05) is 0 Å². The van der Waals surface area contributed by atoms with E-state index in [0.29, 0.717) is 5.75 Å². The monoisotopic (exact) mass is 311 g/mol. The number of ether oxygens (including phenoxy) is 1. The van der Waals surface area contributed by atoms with E-state index in [1.807, 2.05) is 0 Å². The molecule has 0 aliphatic heterocycles. The molecule has 3 N–H and O–H groups in total. The Kier molecular flexibility index (Phi) is 3.85. The number of sulfonamides is 1. The molecule has 0 spiro atoms. The van der Waals surface area contributed by atoms with Crippen LogP contribution in [-0.4, -0.2) is 36.8 Å². The second kappa shape index (κ2) is 5.44. The number of aromatic nitrogens is 2. The van der Waals surface area contributed by atoms with Crippen molar-refractivity contribution in [3.8, 4) is 5.75 Å². The third-order valence-corrected chi connectivity index (χ3v) is 4.25. The third kappa shape index (κ3) is 2.97. The lowest BCUT2D eigenvalue weighted by Gasteiger charge is -2.08. The summed E-state index contributed by atoms with van der Waals surface area (Å²) in [5, 5.41) is 14.8. The van der Waals surface area contributed by atoms with Crippen LogP contribution in [0.4, 0.5) is 5.69 Å². The Labute approximate surface area is 120 Å². The Morgan fingerprint density at radius 1 is 1.33 bits per heavy atom. The van der Waals surface area contributed by atoms with Crippen LogP contribution in [0, 0.1) is 6.92 Å². The van der Waals surface area contributed by atoms with Gasteiger partial charge in [0, 0.05) is 5.69 Å². The minimum Gasteiger partial charge on any atom is -0.497 e. The van der Waals surface area contributed by atoms with Crippen molar-refractivity contribution in [1.29, 1.82) is 0 Å². The lowest BCUT2D eigenvalue weighted by molar-refractivity contribution is 0.0686. The number of nitrogens with one attached hydrogen (secondary N) is 2. The SMILES string of the molecule is COc1ccc(NS(=O)(=O)c2c(C(=O)O)n[nH]c2C)cc1. The van der Waals surface area contributed by atoms with Crippen molar-refractivity contribution in [2.45, 2.75) is 11.8 Å². The molecule has 0 amide bonds. The summed E-state index contributed by atoms with van der Waals surface area (Å²) in [6.07, 6.45) is 0. The lowest BCUT2D eigenvalue weighted by Crippen LogP contribution is -2.17. The maximum absolute atomic E-state index is 12.3. The Hall–Kier alpha value is -2.55. The number of nitrogens with zero attached hydrogens (tertiary/aromatic N) is 1. The molecule has 0 aliphatic rings. The van der Waals surface area contributed by atoms with Crippen molar-refractivity contribution in [2.24, 2.45) is 0 Å². The first-order valence-electron chi connectivity index (χ1n) is 5.80. The molecule has 8 nitrogen and oxygen atoms in total. The lowest BCUT2D eigenvalue weighted by atomic mass is 10.3. The Morgan fingerprint density at radius 3 is 2.48 bits per heavy atom. The molecule has 9 heteroatoms. The zero-order chi connectivity index (χ0) is 15.6. The summed E-state index contributed by atoms with van der Waals surface area (Å²) < 4.78 is 31.9. The van der Waals surface area contributed by atoms with Crippen molar-refractivity contribution >= 4 is 21.7 Å². The van der Waals surface area contributed by atoms with Gasteiger partial charge in [-0.05, 0) is 31.2 Å². The Bertz CT molecular complexity index is 765. The van der Waals surface area contributed by atoms with Crippen LogP contribution < -0.4 is 9.46 Å². The van der Waals surface area contributed by atoms with Gasteiger partial charge < -0.3 is 9.84 Å². The molecular weight excluding hydrogens is 298 g/mol. The highest BCUT2D eigenvalue weighted by Gasteiger charge is 2.28. The van der Waals surface area contributed by atoms with Crippen LogP contribution in [0.15, 0.2) is 29.2 Å². The molecule has 112 valence electrons. The van der Waals surface area contributed by atoms with Gasteiger partial charge in [0.25, 0.3) is 10.0 Å². The number of methoxy groups -OCH3 is 1. The fourth-order valence-electron chi connectivity index (χ4n) is 1.76. The summed E-state index contributed by atoms with van der Waals surface area (Å²) in [4.78, 5) is 10.6. The highest BCUT2D eigenvalue weighted by Crippen LogP contribution is 2.22. The predicted octanol–water partition coefficient (Wildman–Crippen LogP) is 1.23. The summed E-state index contributed by atoms with van der Waals surface area (Å²) in [5.41, 5.74) is -0.116. The van der Waals surface area contributed by atoms with Gasteiger partial charge >= 0.3 is 5.97 Å². The number of rotatable bonds is 5. The average molecular weight is 311 g/mol. The van der Waals surface area contributed by atoms with Gasteiger partial charge in [0.05, 0.1) is 12.8 Å². The number of anilines is 1. The summed E-state index contributed by atoms with van der Waals surface area (Å²) in [7, 11) is -2.57. The number of hydrogen-bond donors (Lipinski definition) is 3. The minimum absolute atomic E-state index is 0.147. The number of aromatic carboxylic acids is 1. The summed E-state index contributed by atoms with van der Waals surface area (Å²) in [6.45, 7) is 1.43. The van der Waals surface area contributed by atoms with Gasteiger partial charge in [0.15, 0.2) is 5.69 Å². The van der Waals surface area contributed by atoms with Crippen LogP contribution in [0.3, 0.4) is 0 Å². The zero-order valence-electron chi connectivity index (χ0n) is 11.2. The highest BCUT2D eigenvalue weighted by atomic mass is 32.2. The molecule has 0 bridgehead atoms. The third-order valence-electron chi connectivity index (χ3n) is 2.70. The smallest absolute Gasteiger partial charge is 0.357 e. The van der Waals surface area contributed by atoms with E-state index in [4.69, 9.17) is 9.84 Å². The number of carboxylic acid groups (broad SMARTS) is 1. The molecular formula is C12H13N3O5S. The van der Waals surface area contributed by atoms with E-state index in [2.05, 4.69) is 14.9 Å². The molecule has 1 heterocycles. The zero-order valence-corrected chi connectivity index (χ0v) is 12.1. The van der Waals surface area contributed by atoms with E-state index < -0.39 is 21.7 Å². The van der Waals surface area contributed by atoms with Gasteiger partial charge in [0.2, 0.25) is 0 Å².